The van der Waals surface area contributed by atoms with Crippen molar-refractivity contribution in [2.75, 3.05) is 0 Å². The molecule has 1 aliphatic rings. The van der Waals surface area contributed by atoms with Crippen LogP contribution in [0.5, 0.6) is 0 Å². The molecule has 0 heterocycles. The molecule has 0 unspecified atom stereocenters. The zero-order valence-electron chi connectivity index (χ0n) is 4.72. The van der Waals surface area contributed by atoms with Crippen LogP contribution in [0.25, 0.3) is 0 Å². The summed E-state index contributed by atoms with van der Waals surface area (Å²) < 4.78 is 0. The smallest absolute Gasteiger partial charge is 0.0541 e. The van der Waals surface area contributed by atoms with Crippen molar-refractivity contribution in [2.24, 2.45) is 0 Å². The van der Waals surface area contributed by atoms with Crippen molar-refractivity contribution in [2.45, 2.75) is 0 Å². The van der Waals surface area contributed by atoms with E-state index in [0.717, 1.165) is 0 Å². The van der Waals surface area contributed by atoms with Gasteiger partial charge in [0.1, 0.15) is 0 Å². The third kappa shape index (κ3) is 2.37. The third-order valence-electron chi connectivity index (χ3n) is 0.885. The third-order valence-corrected chi connectivity index (χ3v) is 0.885. The first-order chi connectivity index (χ1) is 3.79. The molecule has 0 fully saturated rings. The van der Waals surface area contributed by atoms with Gasteiger partial charge in [0, 0.05) is 0 Å². The zero-order valence-corrected chi connectivity index (χ0v) is 6.43. The van der Waals surface area contributed by atoms with Crippen LogP contribution >= 0.6 is 17.0 Å². The zero-order chi connectivity index (χ0) is 5.98. The van der Waals surface area contributed by atoms with Gasteiger partial charge in [0.05, 0.1) is 11.4 Å². The van der Waals surface area contributed by atoms with E-state index in [-0.39, 0.29) is 17.0 Å². The molecule has 2 nitrogen and oxygen atoms in total. The van der Waals surface area contributed by atoms with Crippen molar-refractivity contribution in [1.29, 1.82) is 10.8 Å². The number of halogens is 1. The summed E-state index contributed by atoms with van der Waals surface area (Å²) in [6.07, 6.45) is 6.40. The molecule has 48 valence electrons. The number of hydrogen-bond acceptors (Lipinski definition) is 2. The van der Waals surface area contributed by atoms with E-state index in [1.165, 1.54) is 0 Å². The van der Waals surface area contributed by atoms with Crippen LogP contribution < -0.4 is 0 Å². The number of allylic oxidation sites excluding steroid dienone is 4. The minimum Gasteiger partial charge on any atom is -0.301 e. The first-order valence-electron chi connectivity index (χ1n) is 2.32. The Morgan fingerprint density at radius 3 is 1.22 bits per heavy atom. The van der Waals surface area contributed by atoms with Crippen molar-refractivity contribution in [3.8, 4) is 0 Å². The minimum atomic E-state index is 0. The van der Waals surface area contributed by atoms with Gasteiger partial charge < -0.3 is 10.8 Å². The van der Waals surface area contributed by atoms with Gasteiger partial charge in [-0.15, -0.1) is 17.0 Å². The molecule has 0 amide bonds. The van der Waals surface area contributed by atoms with Gasteiger partial charge in [0.2, 0.25) is 0 Å². The van der Waals surface area contributed by atoms with E-state index < -0.39 is 0 Å². The maximum atomic E-state index is 7.01. The minimum absolute atomic E-state index is 0. The van der Waals surface area contributed by atoms with Crippen LogP contribution in [0.1, 0.15) is 0 Å². The van der Waals surface area contributed by atoms with Crippen molar-refractivity contribution < 1.29 is 0 Å². The fraction of sp³-hybridized carbons (Fsp3) is 0. The molecule has 0 saturated heterocycles. The summed E-state index contributed by atoms with van der Waals surface area (Å²) in [4.78, 5) is 0. The average Bonchev–Trinajstić information content (AvgIpc) is 1.77. The molecule has 1 aliphatic carbocycles. The molecule has 0 saturated carbocycles. The van der Waals surface area contributed by atoms with Crippen LogP contribution in [0.2, 0.25) is 0 Å². The molecule has 3 heteroatoms. The van der Waals surface area contributed by atoms with E-state index in [9.17, 15) is 0 Å². The second-order valence-electron chi connectivity index (χ2n) is 1.58. The summed E-state index contributed by atoms with van der Waals surface area (Å²) >= 11 is 0. The van der Waals surface area contributed by atoms with Gasteiger partial charge >= 0.3 is 0 Å². The van der Waals surface area contributed by atoms with Crippen molar-refractivity contribution in [3.63, 3.8) is 0 Å². The fourth-order valence-corrected chi connectivity index (χ4v) is 0.470. The summed E-state index contributed by atoms with van der Waals surface area (Å²) in [7, 11) is 0. The van der Waals surface area contributed by atoms with Crippen LogP contribution in [0.15, 0.2) is 24.3 Å². The standard InChI is InChI=1S/C6H6N2.BrH/c7-5-1-2-6(8)4-3-5;/h1-4,7-8H;1H. The molecule has 0 bridgehead atoms. The molecule has 0 spiro atoms. The fourth-order valence-electron chi connectivity index (χ4n) is 0.470. The molecule has 0 radical (unpaired) electrons. The summed E-state index contributed by atoms with van der Waals surface area (Å²) in [5.41, 5.74) is 0.919. The Kier molecular flexibility index (Phi) is 3.09. The first-order valence-corrected chi connectivity index (χ1v) is 2.32. The molecule has 0 atom stereocenters. The predicted molar refractivity (Wildman–Crippen MR) is 44.1 cm³/mol. The largest absolute Gasteiger partial charge is 0.301 e. The number of rotatable bonds is 0. The summed E-state index contributed by atoms with van der Waals surface area (Å²) in [6, 6.07) is 0. The van der Waals surface area contributed by atoms with Crippen LogP contribution in [0.3, 0.4) is 0 Å². The lowest BCUT2D eigenvalue weighted by Crippen LogP contribution is -1.95. The maximum absolute atomic E-state index is 7.01. The Labute approximate surface area is 64.1 Å². The number of nitrogens with one attached hydrogen (secondary N) is 2. The maximum Gasteiger partial charge on any atom is 0.0541 e. The Morgan fingerprint density at radius 1 is 0.778 bits per heavy atom. The highest BCUT2D eigenvalue weighted by atomic mass is 79.9. The molecule has 0 aliphatic heterocycles. The van der Waals surface area contributed by atoms with E-state index in [1.54, 1.807) is 24.3 Å². The van der Waals surface area contributed by atoms with Gasteiger partial charge in [0.15, 0.2) is 0 Å². The van der Waals surface area contributed by atoms with Crippen LogP contribution in [-0.4, -0.2) is 11.4 Å². The van der Waals surface area contributed by atoms with Crippen molar-refractivity contribution >= 4 is 28.4 Å². The second kappa shape index (κ2) is 3.35. The van der Waals surface area contributed by atoms with E-state index in [4.69, 9.17) is 10.8 Å². The second-order valence-corrected chi connectivity index (χ2v) is 1.58. The van der Waals surface area contributed by atoms with Gasteiger partial charge in [-0.3, -0.25) is 0 Å². The van der Waals surface area contributed by atoms with Gasteiger partial charge in [0.25, 0.3) is 0 Å². The van der Waals surface area contributed by atoms with E-state index >= 15 is 0 Å². The topological polar surface area (TPSA) is 47.7 Å². The molecule has 0 aromatic heterocycles. The molecule has 2 N–H and O–H groups in total. The van der Waals surface area contributed by atoms with E-state index in [2.05, 4.69) is 0 Å². The Balaban J connectivity index is 0.000000640. The highest BCUT2D eigenvalue weighted by molar-refractivity contribution is 8.93. The molecular formula is C6H7BrN2. The van der Waals surface area contributed by atoms with Crippen LogP contribution in [0.4, 0.5) is 0 Å². The van der Waals surface area contributed by atoms with Crippen molar-refractivity contribution in [3.05, 3.63) is 24.3 Å². The Bertz CT molecular complexity index is 153. The molecule has 9 heavy (non-hydrogen) atoms. The number of hydrogen-bond donors (Lipinski definition) is 2. The van der Waals surface area contributed by atoms with E-state index in [0.29, 0.717) is 11.4 Å². The van der Waals surface area contributed by atoms with Gasteiger partial charge in [-0.1, -0.05) is 0 Å². The van der Waals surface area contributed by atoms with Crippen LogP contribution in [0, 0.1) is 10.8 Å². The lowest BCUT2D eigenvalue weighted by Gasteiger charge is -1.93. The Hall–Kier alpha value is -0.700. The average molecular weight is 187 g/mol. The highest BCUT2D eigenvalue weighted by Crippen LogP contribution is 1.91. The molecular weight excluding hydrogens is 180 g/mol. The quantitative estimate of drug-likeness (QED) is 0.542. The molecule has 1 rings (SSSR count). The normalized spacial score (nSPS) is 15.6. The summed E-state index contributed by atoms with van der Waals surface area (Å²) in [5.74, 6) is 0. The summed E-state index contributed by atoms with van der Waals surface area (Å²) in [5, 5.41) is 14.0. The van der Waals surface area contributed by atoms with Gasteiger partial charge in [-0.05, 0) is 24.3 Å². The van der Waals surface area contributed by atoms with Gasteiger partial charge in [-0.25, -0.2) is 0 Å². The summed E-state index contributed by atoms with van der Waals surface area (Å²) in [6.45, 7) is 0. The van der Waals surface area contributed by atoms with Gasteiger partial charge in [-0.2, -0.15) is 0 Å². The Morgan fingerprint density at radius 2 is 1.00 bits per heavy atom. The SMILES string of the molecule is Br.N=C1C=CC(=N)C=C1. The molecule has 0 aromatic rings. The highest BCUT2D eigenvalue weighted by Gasteiger charge is 1.91. The lowest BCUT2D eigenvalue weighted by molar-refractivity contribution is 1.50. The van der Waals surface area contributed by atoms with Crippen LogP contribution in [-0.2, 0) is 0 Å². The lowest BCUT2D eigenvalue weighted by atomic mass is 10.2. The monoisotopic (exact) mass is 186 g/mol. The van der Waals surface area contributed by atoms with Crippen molar-refractivity contribution in [1.82, 2.24) is 0 Å². The predicted octanol–water partition coefficient (Wildman–Crippen LogP) is 1.73. The van der Waals surface area contributed by atoms with E-state index in [1.807, 2.05) is 0 Å². The first kappa shape index (κ1) is 8.30. The molecule has 0 aromatic carbocycles.